The number of hydrogen-bond donors (Lipinski definition) is 1. The fraction of sp³-hybridized carbons (Fsp3) is 0.312. The van der Waals surface area contributed by atoms with Gasteiger partial charge in [-0.3, -0.25) is 29.6 Å². The number of fused-ring (bicyclic) bond motifs is 1. The molecule has 1 saturated heterocycles. The molecule has 2 aromatic rings. The topological polar surface area (TPSA) is 105 Å². The smallest absolute Gasteiger partial charge is 0.278 e. The summed E-state index contributed by atoms with van der Waals surface area (Å²) in [6.07, 6.45) is 1.58. The third-order valence-electron chi connectivity index (χ3n) is 3.97. The first-order valence-electron chi connectivity index (χ1n) is 7.54. The first kappa shape index (κ1) is 15.9. The van der Waals surface area contributed by atoms with Crippen molar-refractivity contribution in [2.24, 2.45) is 0 Å². The second-order valence-electron chi connectivity index (χ2n) is 5.89. The van der Waals surface area contributed by atoms with Crippen LogP contribution in [-0.4, -0.2) is 38.7 Å². The number of imide groups is 1. The average molecular weight is 328 g/mol. The third kappa shape index (κ3) is 2.55. The van der Waals surface area contributed by atoms with E-state index >= 15 is 0 Å². The van der Waals surface area contributed by atoms with E-state index < -0.39 is 11.0 Å². The lowest BCUT2D eigenvalue weighted by molar-refractivity contribution is -0.383. The van der Waals surface area contributed by atoms with Gasteiger partial charge in [-0.2, -0.15) is 0 Å². The molecule has 24 heavy (non-hydrogen) atoms. The van der Waals surface area contributed by atoms with Crippen molar-refractivity contribution in [3.63, 3.8) is 0 Å². The van der Waals surface area contributed by atoms with Crippen molar-refractivity contribution in [3.05, 3.63) is 40.6 Å². The summed E-state index contributed by atoms with van der Waals surface area (Å²) in [5, 5.41) is 14.5. The highest BCUT2D eigenvalue weighted by molar-refractivity contribution is 6.08. The average Bonchev–Trinajstić information content (AvgIpc) is 2.81. The Kier molecular flexibility index (Phi) is 3.88. The van der Waals surface area contributed by atoms with Gasteiger partial charge in [-0.1, -0.05) is 0 Å². The molecule has 1 aliphatic heterocycles. The van der Waals surface area contributed by atoms with Crippen LogP contribution in [0.25, 0.3) is 10.9 Å². The number of anilines is 1. The van der Waals surface area contributed by atoms with E-state index in [2.05, 4.69) is 10.3 Å². The molecule has 8 nitrogen and oxygen atoms in total. The number of nitro benzene ring substituents is 1. The van der Waals surface area contributed by atoms with Crippen molar-refractivity contribution in [2.75, 3.05) is 5.32 Å². The highest BCUT2D eigenvalue weighted by atomic mass is 16.6. The summed E-state index contributed by atoms with van der Waals surface area (Å²) in [5.41, 5.74) is 0.837. The van der Waals surface area contributed by atoms with E-state index in [1.807, 2.05) is 0 Å². The van der Waals surface area contributed by atoms with E-state index in [-0.39, 0.29) is 30.0 Å². The normalized spacial score (nSPS) is 17.8. The van der Waals surface area contributed by atoms with Crippen molar-refractivity contribution in [3.8, 4) is 0 Å². The lowest BCUT2D eigenvalue weighted by atomic mass is 10.1. The Morgan fingerprint density at radius 2 is 2.08 bits per heavy atom. The van der Waals surface area contributed by atoms with E-state index in [1.165, 1.54) is 23.2 Å². The third-order valence-corrected chi connectivity index (χ3v) is 3.97. The number of non-ortho nitro benzene ring substituents is 1. The van der Waals surface area contributed by atoms with Crippen LogP contribution in [0.4, 0.5) is 11.4 Å². The van der Waals surface area contributed by atoms with Crippen LogP contribution in [0, 0.1) is 10.1 Å². The minimum atomic E-state index is -0.688. The van der Waals surface area contributed by atoms with Gasteiger partial charge >= 0.3 is 0 Å². The molecular weight excluding hydrogens is 312 g/mol. The van der Waals surface area contributed by atoms with Gasteiger partial charge in [-0.15, -0.1) is 0 Å². The molecule has 1 fully saturated rings. The van der Waals surface area contributed by atoms with Crippen molar-refractivity contribution >= 4 is 34.1 Å². The molecule has 1 unspecified atom stereocenters. The first-order chi connectivity index (χ1) is 11.4. The minimum absolute atomic E-state index is 0.0544. The number of carbonyl (C=O) groups is 2. The van der Waals surface area contributed by atoms with Crippen LogP contribution in [-0.2, 0) is 9.59 Å². The van der Waals surface area contributed by atoms with E-state index in [0.29, 0.717) is 16.6 Å². The molecular formula is C16H16N4O4. The van der Waals surface area contributed by atoms with Gasteiger partial charge < -0.3 is 5.32 Å². The lowest BCUT2D eigenvalue weighted by Crippen LogP contribution is -2.39. The number of benzene rings is 1. The molecule has 1 N–H and O–H groups in total. The molecule has 8 heteroatoms. The number of likely N-dealkylation sites (tertiary alicyclic amines) is 1. The molecule has 2 heterocycles. The zero-order valence-electron chi connectivity index (χ0n) is 13.2. The Balaban J connectivity index is 1.97. The van der Waals surface area contributed by atoms with Gasteiger partial charge in [0.25, 0.3) is 11.6 Å². The molecule has 124 valence electrons. The summed E-state index contributed by atoms with van der Waals surface area (Å²) in [7, 11) is 0. The number of hydrogen-bond acceptors (Lipinski definition) is 6. The van der Waals surface area contributed by atoms with Gasteiger partial charge in [0, 0.05) is 18.3 Å². The van der Waals surface area contributed by atoms with Crippen molar-refractivity contribution in [1.82, 2.24) is 9.88 Å². The Morgan fingerprint density at radius 1 is 1.33 bits per heavy atom. The first-order valence-corrected chi connectivity index (χ1v) is 7.54. The van der Waals surface area contributed by atoms with E-state index in [0.717, 1.165) is 0 Å². The Hall–Kier alpha value is -3.03. The summed E-state index contributed by atoms with van der Waals surface area (Å²) in [6.45, 7) is 3.56. The monoisotopic (exact) mass is 328 g/mol. The zero-order valence-corrected chi connectivity index (χ0v) is 13.2. The van der Waals surface area contributed by atoms with Gasteiger partial charge in [-0.25, -0.2) is 0 Å². The summed E-state index contributed by atoms with van der Waals surface area (Å²) >= 11 is 0. The maximum atomic E-state index is 12.4. The van der Waals surface area contributed by atoms with Crippen LogP contribution in [0.5, 0.6) is 0 Å². The SMILES string of the molecule is CC(C)N1C(=O)CC(Nc2ccc([N+](=O)[O-])c3cccnc23)C1=O. The van der Waals surface area contributed by atoms with Crippen LogP contribution in [0.15, 0.2) is 30.5 Å². The van der Waals surface area contributed by atoms with E-state index in [9.17, 15) is 19.7 Å². The predicted molar refractivity (Wildman–Crippen MR) is 87.4 cm³/mol. The molecule has 1 atom stereocenters. The number of nitro groups is 1. The zero-order chi connectivity index (χ0) is 17.4. The second-order valence-corrected chi connectivity index (χ2v) is 5.89. The van der Waals surface area contributed by atoms with Crippen LogP contribution in [0.3, 0.4) is 0 Å². The van der Waals surface area contributed by atoms with Crippen LogP contribution >= 0.6 is 0 Å². The van der Waals surface area contributed by atoms with Gasteiger partial charge in [0.15, 0.2) is 0 Å². The number of aromatic nitrogens is 1. The molecule has 2 amide bonds. The van der Waals surface area contributed by atoms with Crippen LogP contribution in [0.2, 0.25) is 0 Å². The van der Waals surface area contributed by atoms with Crippen LogP contribution < -0.4 is 5.32 Å². The molecule has 1 aromatic carbocycles. The van der Waals surface area contributed by atoms with Gasteiger partial charge in [0.1, 0.15) is 11.6 Å². The van der Waals surface area contributed by atoms with Crippen molar-refractivity contribution < 1.29 is 14.5 Å². The molecule has 1 aromatic heterocycles. The Morgan fingerprint density at radius 3 is 2.71 bits per heavy atom. The van der Waals surface area contributed by atoms with Gasteiger partial charge in [0.05, 0.1) is 22.4 Å². The maximum Gasteiger partial charge on any atom is 0.278 e. The molecule has 3 rings (SSSR count). The predicted octanol–water partition coefficient (Wildman–Crippen LogP) is 2.09. The number of nitrogens with one attached hydrogen (secondary N) is 1. The number of amides is 2. The Bertz CT molecular complexity index is 849. The van der Waals surface area contributed by atoms with Gasteiger partial charge in [-0.05, 0) is 32.0 Å². The summed E-state index contributed by atoms with van der Waals surface area (Å²) in [5.74, 6) is -0.524. The standard InChI is InChI=1S/C16H16N4O4/c1-9(2)19-14(21)8-12(16(19)22)18-11-5-6-13(20(23)24)10-4-3-7-17-15(10)11/h3-7,9,12,18H,8H2,1-2H3. The second kappa shape index (κ2) is 5.88. The molecule has 1 aliphatic rings. The molecule has 0 aliphatic carbocycles. The molecule has 0 radical (unpaired) electrons. The summed E-state index contributed by atoms with van der Waals surface area (Å²) in [6, 6.07) is 5.21. The maximum absolute atomic E-state index is 12.4. The number of rotatable bonds is 4. The largest absolute Gasteiger partial charge is 0.371 e. The highest BCUT2D eigenvalue weighted by Crippen LogP contribution is 2.31. The summed E-state index contributed by atoms with van der Waals surface area (Å²) < 4.78 is 0. The van der Waals surface area contributed by atoms with E-state index in [4.69, 9.17) is 0 Å². The number of carbonyl (C=O) groups excluding carboxylic acids is 2. The Labute approximate surface area is 137 Å². The molecule has 0 bridgehead atoms. The number of pyridine rings is 1. The lowest BCUT2D eigenvalue weighted by Gasteiger charge is -2.19. The fourth-order valence-corrected chi connectivity index (χ4v) is 2.93. The van der Waals surface area contributed by atoms with Crippen molar-refractivity contribution in [1.29, 1.82) is 0 Å². The summed E-state index contributed by atoms with van der Waals surface area (Å²) in [4.78, 5) is 40.5. The highest BCUT2D eigenvalue weighted by Gasteiger charge is 2.40. The van der Waals surface area contributed by atoms with Crippen molar-refractivity contribution in [2.45, 2.75) is 32.4 Å². The van der Waals surface area contributed by atoms with Crippen LogP contribution in [0.1, 0.15) is 20.3 Å². The molecule has 0 saturated carbocycles. The van der Waals surface area contributed by atoms with E-state index in [1.54, 1.807) is 26.0 Å². The van der Waals surface area contributed by atoms with Gasteiger partial charge in [0.2, 0.25) is 5.91 Å². The molecule has 0 spiro atoms. The minimum Gasteiger partial charge on any atom is -0.371 e. The fourth-order valence-electron chi connectivity index (χ4n) is 2.93. The quantitative estimate of drug-likeness (QED) is 0.523. The number of nitrogens with zero attached hydrogens (tertiary/aromatic N) is 3.